The molecule has 0 fully saturated rings. The molecule has 0 aliphatic carbocycles. The molecular weight excluding hydrogens is 179 g/mol. The van der Waals surface area contributed by atoms with Crippen molar-refractivity contribution in [1.82, 2.24) is 0 Å². The van der Waals surface area contributed by atoms with Gasteiger partial charge < -0.3 is 5.73 Å². The van der Waals surface area contributed by atoms with E-state index in [-0.39, 0.29) is 0 Å². The molecule has 0 saturated carbocycles. The van der Waals surface area contributed by atoms with E-state index in [9.17, 15) is 13.2 Å². The number of hydrogen-bond acceptors (Lipinski definition) is 1. The fourth-order valence-corrected chi connectivity index (χ4v) is 0.534. The van der Waals surface area contributed by atoms with Gasteiger partial charge in [0.25, 0.3) is 0 Å². The Hall–Kier alpha value is -1.03. The van der Waals surface area contributed by atoms with Gasteiger partial charge in [0.2, 0.25) is 0 Å². The number of aryl methyl sites for hydroxylation is 1. The molecule has 2 N–H and O–H groups in total. The average Bonchev–Trinajstić information content (AvgIpc) is 2.06. The van der Waals surface area contributed by atoms with Crippen molar-refractivity contribution in [1.29, 1.82) is 0 Å². The lowest BCUT2D eigenvalue weighted by atomic mass is 10.2. The maximum absolute atomic E-state index is 10.7. The van der Waals surface area contributed by atoms with Gasteiger partial charge >= 0.3 is 6.18 Å². The smallest absolute Gasteiger partial charge is 0.323 e. The summed E-state index contributed by atoms with van der Waals surface area (Å²) < 4.78 is 32.0. The minimum absolute atomic E-state index is 1.23. The van der Waals surface area contributed by atoms with Crippen LogP contribution in [0.4, 0.5) is 13.2 Å². The number of halogens is 3. The highest BCUT2D eigenvalue weighted by Crippen LogP contribution is 2.10. The van der Waals surface area contributed by atoms with Crippen LogP contribution < -0.4 is 5.73 Å². The molecule has 0 aromatic heterocycles. The molecule has 74 valence electrons. The van der Waals surface area contributed by atoms with Gasteiger partial charge in [-0.05, 0) is 6.92 Å². The quantitative estimate of drug-likeness (QED) is 0.669. The molecule has 1 aromatic rings. The minimum atomic E-state index is -4.18. The number of rotatable bonds is 0. The molecule has 0 heterocycles. The second-order valence-electron chi connectivity index (χ2n) is 2.47. The van der Waals surface area contributed by atoms with Crippen LogP contribution in [0.25, 0.3) is 0 Å². The summed E-state index contributed by atoms with van der Waals surface area (Å²) in [5, 5.41) is 0. The molecule has 0 unspecified atom stereocenters. The van der Waals surface area contributed by atoms with Crippen LogP contribution in [0.2, 0.25) is 0 Å². The Labute approximate surface area is 75.4 Å². The van der Waals surface area contributed by atoms with Gasteiger partial charge in [0.15, 0.2) is 0 Å². The van der Waals surface area contributed by atoms with Gasteiger partial charge in [0.05, 0.1) is 6.54 Å². The van der Waals surface area contributed by atoms with E-state index < -0.39 is 12.7 Å². The lowest BCUT2D eigenvalue weighted by molar-refractivity contribution is -0.118. The maximum atomic E-state index is 10.7. The van der Waals surface area contributed by atoms with Gasteiger partial charge in [-0.1, -0.05) is 35.9 Å². The van der Waals surface area contributed by atoms with Crippen molar-refractivity contribution in [2.45, 2.75) is 13.1 Å². The number of hydrogen-bond donors (Lipinski definition) is 1. The highest BCUT2D eigenvalue weighted by Gasteiger charge is 2.23. The van der Waals surface area contributed by atoms with E-state index >= 15 is 0 Å². The van der Waals surface area contributed by atoms with Gasteiger partial charge in [0, 0.05) is 0 Å². The van der Waals surface area contributed by atoms with Crippen LogP contribution in [0.15, 0.2) is 30.3 Å². The van der Waals surface area contributed by atoms with Crippen molar-refractivity contribution in [2.75, 3.05) is 6.54 Å². The second kappa shape index (κ2) is 5.59. The molecule has 0 radical (unpaired) electrons. The third kappa shape index (κ3) is 8.88. The molecule has 1 rings (SSSR count). The van der Waals surface area contributed by atoms with Crippen LogP contribution >= 0.6 is 0 Å². The highest BCUT2D eigenvalue weighted by atomic mass is 19.4. The summed E-state index contributed by atoms with van der Waals surface area (Å²) in [5.41, 5.74) is 5.50. The first kappa shape index (κ1) is 12.0. The summed E-state index contributed by atoms with van der Waals surface area (Å²) in [6.45, 7) is 0.854. The Morgan fingerprint density at radius 1 is 1.15 bits per heavy atom. The Morgan fingerprint density at radius 3 is 1.69 bits per heavy atom. The standard InChI is InChI=1S/C7H8.C2H4F3N/c1-7-5-3-2-4-6-7;3-2(4,5)1-6/h2-6H,1H3;1,6H2. The van der Waals surface area contributed by atoms with Crippen molar-refractivity contribution < 1.29 is 13.2 Å². The molecule has 0 amide bonds. The summed E-state index contributed by atoms with van der Waals surface area (Å²) >= 11 is 0. The number of nitrogens with two attached hydrogens (primary N) is 1. The van der Waals surface area contributed by atoms with E-state index in [1.54, 1.807) is 0 Å². The zero-order valence-corrected chi connectivity index (χ0v) is 7.31. The predicted molar refractivity (Wildman–Crippen MR) is 46.3 cm³/mol. The largest absolute Gasteiger partial charge is 0.400 e. The molecule has 0 aliphatic rings. The first-order valence-electron chi connectivity index (χ1n) is 3.74. The van der Waals surface area contributed by atoms with Crippen LogP contribution in [0.5, 0.6) is 0 Å². The minimum Gasteiger partial charge on any atom is -0.323 e. The lowest BCUT2D eigenvalue weighted by Crippen LogP contribution is -2.21. The van der Waals surface area contributed by atoms with E-state index in [0.717, 1.165) is 0 Å². The summed E-state index contributed by atoms with van der Waals surface area (Å²) in [4.78, 5) is 0. The SMILES string of the molecule is Cc1ccccc1.NCC(F)(F)F. The predicted octanol–water partition coefficient (Wildman–Crippen LogP) is 2.50. The molecule has 0 saturated heterocycles. The summed E-state index contributed by atoms with van der Waals surface area (Å²) in [6.07, 6.45) is -4.18. The van der Waals surface area contributed by atoms with Gasteiger partial charge in [-0.25, -0.2) is 0 Å². The third-order valence-electron chi connectivity index (χ3n) is 1.17. The van der Waals surface area contributed by atoms with Crippen molar-refractivity contribution in [3.05, 3.63) is 35.9 Å². The highest BCUT2D eigenvalue weighted by molar-refractivity contribution is 5.11. The Balaban J connectivity index is 0.000000226. The topological polar surface area (TPSA) is 26.0 Å². The summed E-state index contributed by atoms with van der Waals surface area (Å²) in [6, 6.07) is 10.3. The van der Waals surface area contributed by atoms with Crippen LogP contribution in [0.1, 0.15) is 5.56 Å². The normalized spacial score (nSPS) is 10.2. The Kier molecular flexibility index (Phi) is 5.14. The first-order valence-corrected chi connectivity index (χ1v) is 3.74. The lowest BCUT2D eigenvalue weighted by Gasteiger charge is -1.96. The second-order valence-corrected chi connectivity index (χ2v) is 2.47. The van der Waals surface area contributed by atoms with Crippen molar-refractivity contribution in [3.8, 4) is 0 Å². The number of alkyl halides is 3. The van der Waals surface area contributed by atoms with Gasteiger partial charge in [-0.3, -0.25) is 0 Å². The molecule has 0 atom stereocenters. The number of benzene rings is 1. The van der Waals surface area contributed by atoms with E-state index in [1.807, 2.05) is 18.2 Å². The molecule has 13 heavy (non-hydrogen) atoms. The monoisotopic (exact) mass is 191 g/mol. The van der Waals surface area contributed by atoms with Gasteiger partial charge in [-0.2, -0.15) is 13.2 Å². The molecule has 1 aromatic carbocycles. The Bertz CT molecular complexity index is 218. The van der Waals surface area contributed by atoms with Crippen molar-refractivity contribution in [2.24, 2.45) is 5.73 Å². The van der Waals surface area contributed by atoms with E-state index in [2.05, 4.69) is 24.8 Å². The molecule has 1 nitrogen and oxygen atoms in total. The fourth-order valence-electron chi connectivity index (χ4n) is 0.534. The zero-order chi connectivity index (χ0) is 10.3. The summed E-state index contributed by atoms with van der Waals surface area (Å²) in [5.74, 6) is 0. The van der Waals surface area contributed by atoms with Crippen LogP contribution in [-0.2, 0) is 0 Å². The van der Waals surface area contributed by atoms with Crippen LogP contribution in [0.3, 0.4) is 0 Å². The molecule has 0 aliphatic heterocycles. The fraction of sp³-hybridized carbons (Fsp3) is 0.333. The molecule has 0 spiro atoms. The molecule has 0 bridgehead atoms. The Morgan fingerprint density at radius 2 is 1.54 bits per heavy atom. The van der Waals surface area contributed by atoms with E-state index in [4.69, 9.17) is 0 Å². The van der Waals surface area contributed by atoms with Crippen molar-refractivity contribution >= 4 is 0 Å². The van der Waals surface area contributed by atoms with E-state index in [0.29, 0.717) is 0 Å². The zero-order valence-electron chi connectivity index (χ0n) is 7.31. The van der Waals surface area contributed by atoms with Crippen LogP contribution in [-0.4, -0.2) is 12.7 Å². The maximum Gasteiger partial charge on any atom is 0.400 e. The third-order valence-corrected chi connectivity index (χ3v) is 1.17. The first-order chi connectivity index (χ1) is 5.95. The van der Waals surface area contributed by atoms with Crippen LogP contribution in [0, 0.1) is 6.92 Å². The summed E-state index contributed by atoms with van der Waals surface area (Å²) in [7, 11) is 0. The van der Waals surface area contributed by atoms with E-state index in [1.165, 1.54) is 5.56 Å². The van der Waals surface area contributed by atoms with Crippen molar-refractivity contribution in [3.63, 3.8) is 0 Å². The van der Waals surface area contributed by atoms with Gasteiger partial charge in [0.1, 0.15) is 0 Å². The average molecular weight is 191 g/mol. The molecular formula is C9H12F3N. The van der Waals surface area contributed by atoms with Gasteiger partial charge in [-0.15, -0.1) is 0 Å². The molecule has 4 heteroatoms.